The van der Waals surface area contributed by atoms with E-state index in [0.29, 0.717) is 0 Å². The molecule has 15 heavy (non-hydrogen) atoms. The van der Waals surface area contributed by atoms with E-state index < -0.39 is 0 Å². The van der Waals surface area contributed by atoms with Crippen molar-refractivity contribution in [1.82, 2.24) is 15.1 Å². The Bertz CT molecular complexity index is 151. The zero-order valence-corrected chi connectivity index (χ0v) is 10.6. The minimum atomic E-state index is 0.917. The highest BCUT2D eigenvalue weighted by Gasteiger charge is 2.17. The number of hydrogen-bond donors (Lipinski definition) is 1. The Morgan fingerprint density at radius 2 is 1.93 bits per heavy atom. The lowest BCUT2D eigenvalue weighted by Gasteiger charge is -2.32. The van der Waals surface area contributed by atoms with Gasteiger partial charge in [0.1, 0.15) is 0 Å². The molecule has 0 unspecified atom stereocenters. The van der Waals surface area contributed by atoms with Gasteiger partial charge in [0, 0.05) is 0 Å². The van der Waals surface area contributed by atoms with Gasteiger partial charge in [-0.15, -0.1) is 0 Å². The van der Waals surface area contributed by atoms with Crippen molar-refractivity contribution < 1.29 is 0 Å². The molecule has 0 aromatic heterocycles. The first-order chi connectivity index (χ1) is 7.22. The van der Waals surface area contributed by atoms with Gasteiger partial charge in [-0.1, -0.05) is 0 Å². The standard InChI is InChI=1S/C12H27N3/c1-13-11-12-5-9-15(10-6-12)8-4-7-14(2)3/h12-13H,4-11H2,1-3H3. The minimum absolute atomic E-state index is 0.917. The third kappa shape index (κ3) is 5.50. The molecule has 1 aliphatic rings. The lowest BCUT2D eigenvalue weighted by atomic mass is 9.97. The third-order valence-electron chi connectivity index (χ3n) is 3.28. The third-order valence-corrected chi connectivity index (χ3v) is 3.28. The Labute approximate surface area is 94.8 Å². The quantitative estimate of drug-likeness (QED) is 0.706. The van der Waals surface area contributed by atoms with E-state index in [-0.39, 0.29) is 0 Å². The van der Waals surface area contributed by atoms with E-state index in [0.717, 1.165) is 5.92 Å². The topological polar surface area (TPSA) is 18.5 Å². The molecule has 1 heterocycles. The fourth-order valence-electron chi connectivity index (χ4n) is 2.31. The maximum atomic E-state index is 3.29. The summed E-state index contributed by atoms with van der Waals surface area (Å²) in [4.78, 5) is 4.89. The van der Waals surface area contributed by atoms with Gasteiger partial charge >= 0.3 is 0 Å². The van der Waals surface area contributed by atoms with Crippen LogP contribution in [-0.2, 0) is 0 Å². The van der Waals surface area contributed by atoms with Crippen molar-refractivity contribution in [3.8, 4) is 0 Å². The predicted octanol–water partition coefficient (Wildman–Crippen LogP) is 0.870. The minimum Gasteiger partial charge on any atom is -0.319 e. The van der Waals surface area contributed by atoms with Gasteiger partial charge in [0.2, 0.25) is 0 Å². The van der Waals surface area contributed by atoms with Crippen LogP contribution in [0.3, 0.4) is 0 Å². The molecule has 1 rings (SSSR count). The summed E-state index contributed by atoms with van der Waals surface area (Å²) in [5, 5.41) is 3.29. The van der Waals surface area contributed by atoms with Crippen LogP contribution in [0, 0.1) is 5.92 Å². The van der Waals surface area contributed by atoms with Gasteiger partial charge < -0.3 is 15.1 Å². The summed E-state index contributed by atoms with van der Waals surface area (Å²) in [5.41, 5.74) is 0. The molecule has 0 atom stereocenters. The van der Waals surface area contributed by atoms with Crippen LogP contribution in [0.25, 0.3) is 0 Å². The van der Waals surface area contributed by atoms with Crippen molar-refractivity contribution >= 4 is 0 Å². The molecule has 0 spiro atoms. The highest BCUT2D eigenvalue weighted by molar-refractivity contribution is 4.73. The summed E-state index contributed by atoms with van der Waals surface area (Å²) in [7, 11) is 6.36. The number of likely N-dealkylation sites (tertiary alicyclic amines) is 1. The Morgan fingerprint density at radius 1 is 1.27 bits per heavy atom. The average molecular weight is 213 g/mol. The number of rotatable bonds is 6. The summed E-state index contributed by atoms with van der Waals surface area (Å²) in [5.74, 6) is 0.917. The maximum Gasteiger partial charge on any atom is -0.000655 e. The fraction of sp³-hybridized carbons (Fsp3) is 1.00. The number of nitrogens with one attached hydrogen (secondary N) is 1. The van der Waals surface area contributed by atoms with Crippen molar-refractivity contribution in [2.45, 2.75) is 19.3 Å². The van der Waals surface area contributed by atoms with Gasteiger partial charge in [-0.3, -0.25) is 0 Å². The van der Waals surface area contributed by atoms with Gasteiger partial charge in [-0.2, -0.15) is 0 Å². The molecule has 0 aromatic rings. The van der Waals surface area contributed by atoms with Crippen LogP contribution in [0.2, 0.25) is 0 Å². The normalized spacial score (nSPS) is 20.0. The van der Waals surface area contributed by atoms with E-state index >= 15 is 0 Å². The Hall–Kier alpha value is -0.120. The van der Waals surface area contributed by atoms with Crippen LogP contribution >= 0.6 is 0 Å². The first-order valence-electron chi connectivity index (χ1n) is 6.24. The van der Waals surface area contributed by atoms with E-state index in [1.165, 1.54) is 52.0 Å². The number of piperidine rings is 1. The molecule has 0 aromatic carbocycles. The fourth-order valence-corrected chi connectivity index (χ4v) is 2.31. The van der Waals surface area contributed by atoms with Crippen molar-refractivity contribution in [1.29, 1.82) is 0 Å². The largest absolute Gasteiger partial charge is 0.319 e. The number of hydrogen-bond acceptors (Lipinski definition) is 3. The summed E-state index contributed by atoms with van der Waals surface area (Å²) in [6.07, 6.45) is 4.06. The summed E-state index contributed by atoms with van der Waals surface area (Å²) in [6.45, 7) is 6.31. The monoisotopic (exact) mass is 213 g/mol. The molecular formula is C12H27N3. The molecule has 1 aliphatic heterocycles. The van der Waals surface area contributed by atoms with Gasteiger partial charge in [0.15, 0.2) is 0 Å². The lowest BCUT2D eigenvalue weighted by molar-refractivity contribution is 0.177. The molecule has 0 bridgehead atoms. The van der Waals surface area contributed by atoms with Crippen LogP contribution in [-0.4, -0.2) is 63.7 Å². The van der Waals surface area contributed by atoms with E-state index in [1.54, 1.807) is 0 Å². The lowest BCUT2D eigenvalue weighted by Crippen LogP contribution is -2.37. The zero-order valence-electron chi connectivity index (χ0n) is 10.6. The van der Waals surface area contributed by atoms with Crippen LogP contribution < -0.4 is 5.32 Å². The summed E-state index contributed by atoms with van der Waals surface area (Å²) in [6, 6.07) is 0. The first kappa shape index (κ1) is 12.9. The smallest absolute Gasteiger partial charge is 0.000655 e. The van der Waals surface area contributed by atoms with E-state index in [1.807, 2.05) is 0 Å². The Kier molecular flexibility index (Phi) is 6.22. The molecule has 90 valence electrons. The molecule has 1 saturated heterocycles. The van der Waals surface area contributed by atoms with Gasteiger partial charge in [-0.25, -0.2) is 0 Å². The molecule has 0 saturated carbocycles. The van der Waals surface area contributed by atoms with Crippen LogP contribution in [0.1, 0.15) is 19.3 Å². The SMILES string of the molecule is CNCC1CCN(CCCN(C)C)CC1. The van der Waals surface area contributed by atoms with Gasteiger partial charge in [-0.05, 0) is 79.0 Å². The van der Waals surface area contributed by atoms with Crippen LogP contribution in [0.5, 0.6) is 0 Å². The van der Waals surface area contributed by atoms with Crippen LogP contribution in [0.15, 0.2) is 0 Å². The first-order valence-corrected chi connectivity index (χ1v) is 6.24. The molecule has 0 aliphatic carbocycles. The van der Waals surface area contributed by atoms with Crippen LogP contribution in [0.4, 0.5) is 0 Å². The van der Waals surface area contributed by atoms with Gasteiger partial charge in [0.05, 0.1) is 0 Å². The molecule has 3 heteroatoms. The molecule has 1 fully saturated rings. The highest BCUT2D eigenvalue weighted by Crippen LogP contribution is 2.16. The molecule has 0 radical (unpaired) electrons. The molecule has 0 amide bonds. The Morgan fingerprint density at radius 3 is 2.47 bits per heavy atom. The second-order valence-electron chi connectivity index (χ2n) is 5.00. The maximum absolute atomic E-state index is 3.29. The molecule has 3 nitrogen and oxygen atoms in total. The summed E-state index contributed by atoms with van der Waals surface area (Å²) < 4.78 is 0. The van der Waals surface area contributed by atoms with Crippen molar-refractivity contribution in [3.63, 3.8) is 0 Å². The Balaban J connectivity index is 2.04. The molecular weight excluding hydrogens is 186 g/mol. The van der Waals surface area contributed by atoms with Crippen molar-refractivity contribution in [3.05, 3.63) is 0 Å². The van der Waals surface area contributed by atoms with E-state index in [2.05, 4.69) is 36.3 Å². The highest BCUT2D eigenvalue weighted by atomic mass is 15.1. The van der Waals surface area contributed by atoms with Crippen molar-refractivity contribution in [2.24, 2.45) is 5.92 Å². The van der Waals surface area contributed by atoms with E-state index in [9.17, 15) is 0 Å². The average Bonchev–Trinajstić information content (AvgIpc) is 2.20. The predicted molar refractivity (Wildman–Crippen MR) is 66.3 cm³/mol. The zero-order chi connectivity index (χ0) is 11.1. The van der Waals surface area contributed by atoms with Crippen molar-refractivity contribution in [2.75, 3.05) is 53.9 Å². The second kappa shape index (κ2) is 7.20. The van der Waals surface area contributed by atoms with Gasteiger partial charge in [0.25, 0.3) is 0 Å². The second-order valence-corrected chi connectivity index (χ2v) is 5.00. The van der Waals surface area contributed by atoms with E-state index in [4.69, 9.17) is 0 Å². The summed E-state index contributed by atoms with van der Waals surface area (Å²) >= 11 is 0. The number of nitrogens with zero attached hydrogens (tertiary/aromatic N) is 2. The molecule has 1 N–H and O–H groups in total.